The number of guanidine groups is 1. The number of methoxy groups -OCH3 is 1. The van der Waals surface area contributed by atoms with Crippen LogP contribution in [-0.2, 0) is 10.2 Å². The van der Waals surface area contributed by atoms with Gasteiger partial charge >= 0.3 is 0 Å². The van der Waals surface area contributed by atoms with Gasteiger partial charge in [0.15, 0.2) is 28.5 Å². The summed E-state index contributed by atoms with van der Waals surface area (Å²) in [5.41, 5.74) is 15.1. The zero-order valence-corrected chi connectivity index (χ0v) is 26.6. The number of carbonyl (C=O) groups excluding carboxylic acids is 1. The molecule has 1 aliphatic rings. The molecule has 1 aromatic heterocycles. The molecule has 3 aromatic rings. The molecule has 7 nitrogen and oxygen atoms in total. The van der Waals surface area contributed by atoms with Gasteiger partial charge in [-0.25, -0.2) is 14.4 Å². The van der Waals surface area contributed by atoms with Crippen LogP contribution in [0.15, 0.2) is 75.5 Å². The van der Waals surface area contributed by atoms with Crippen molar-refractivity contribution in [3.63, 3.8) is 0 Å². The summed E-state index contributed by atoms with van der Waals surface area (Å²) in [7, 11) is 1.43. The Morgan fingerprint density at radius 2 is 1.95 bits per heavy atom. The fraction of sp³-hybridized carbons (Fsp3) is 0.281. The van der Waals surface area contributed by atoms with E-state index in [1.807, 2.05) is 29.0 Å². The molecule has 1 aliphatic carbocycles. The maximum absolute atomic E-state index is 14.4. The molecular formula is C32H32Cl2FN5O2S. The van der Waals surface area contributed by atoms with E-state index in [-0.39, 0.29) is 24.0 Å². The summed E-state index contributed by atoms with van der Waals surface area (Å²) in [6.45, 7) is 5.84. The number of benzene rings is 2. The fourth-order valence-corrected chi connectivity index (χ4v) is 6.02. The summed E-state index contributed by atoms with van der Waals surface area (Å²) in [5, 5.41) is 1.63. The Kier molecular flexibility index (Phi) is 10.3. The number of halogens is 3. The first-order chi connectivity index (χ1) is 20.4. The molecule has 0 radical (unpaired) electrons. The second-order valence-electron chi connectivity index (χ2n) is 10.4. The van der Waals surface area contributed by atoms with Gasteiger partial charge in [0.25, 0.3) is 0 Å². The summed E-state index contributed by atoms with van der Waals surface area (Å²) < 4.78 is 21.7. The van der Waals surface area contributed by atoms with E-state index in [0.29, 0.717) is 38.6 Å². The van der Waals surface area contributed by atoms with Crippen LogP contribution < -0.4 is 16.2 Å². The van der Waals surface area contributed by atoms with Gasteiger partial charge in [-0.05, 0) is 49.6 Å². The summed E-state index contributed by atoms with van der Waals surface area (Å²) in [6.07, 6.45) is 5.11. The van der Waals surface area contributed by atoms with Crippen LogP contribution in [0.2, 0.25) is 10.0 Å². The van der Waals surface area contributed by atoms with Crippen molar-refractivity contribution in [1.82, 2.24) is 9.55 Å². The lowest BCUT2D eigenvalue weighted by molar-refractivity contribution is -0.113. The quantitative estimate of drug-likeness (QED) is 0.118. The number of ether oxygens (including phenoxy) is 1. The number of carbonyl (C=O) groups is 1. The number of thioether (sulfide) groups is 1. The number of Topliss-reactive ketones (excluding diaryl/α,β-unsaturated/α-hetero) is 1. The highest BCUT2D eigenvalue weighted by atomic mass is 35.5. The van der Waals surface area contributed by atoms with E-state index in [9.17, 15) is 9.18 Å². The van der Waals surface area contributed by atoms with Crippen molar-refractivity contribution >= 4 is 46.7 Å². The molecule has 224 valence electrons. The summed E-state index contributed by atoms with van der Waals surface area (Å²) in [6, 6.07) is 10.3. The number of aliphatic imine (C=N–C) groups is 1. The molecule has 0 saturated carbocycles. The first-order valence-electron chi connectivity index (χ1n) is 13.4. The van der Waals surface area contributed by atoms with Gasteiger partial charge in [0.1, 0.15) is 6.54 Å². The molecule has 4 N–H and O–H groups in total. The van der Waals surface area contributed by atoms with Crippen LogP contribution in [0.4, 0.5) is 4.39 Å². The SMILES string of the molecule is COc1cc(-n2c(C(C)(C)c3ccc(Cl)c(Cl)c3)cnc2SCC2=CC(C(C)=O)=C(C#CCN=C(N)N)CC2)ccc1F. The van der Waals surface area contributed by atoms with Crippen molar-refractivity contribution in [1.29, 1.82) is 0 Å². The standard InChI is InChI=1S/C32H32Cl2FN5O2S/c1-19(41)24-14-20(7-8-21(24)6-5-13-38-30(36)37)18-43-31-39-17-29(32(2,3)22-9-11-25(33)26(34)15-22)40(31)23-10-12-27(35)28(16-23)42-4/h9-12,14-17H,7-8,13,18H2,1-4H3,(H4,36,37,38). The van der Waals surface area contributed by atoms with Crippen molar-refractivity contribution in [2.45, 2.75) is 44.2 Å². The number of hydrogen-bond donors (Lipinski definition) is 2. The van der Waals surface area contributed by atoms with Crippen LogP contribution in [0.5, 0.6) is 5.75 Å². The minimum absolute atomic E-state index is 0.0288. The monoisotopic (exact) mass is 639 g/mol. The predicted molar refractivity (Wildman–Crippen MR) is 173 cm³/mol. The molecule has 0 aliphatic heterocycles. The molecule has 0 amide bonds. The van der Waals surface area contributed by atoms with E-state index in [1.54, 1.807) is 18.2 Å². The minimum Gasteiger partial charge on any atom is -0.494 e. The number of ketones is 1. The van der Waals surface area contributed by atoms with E-state index >= 15 is 0 Å². The van der Waals surface area contributed by atoms with Crippen molar-refractivity contribution < 1.29 is 13.9 Å². The van der Waals surface area contributed by atoms with E-state index < -0.39 is 11.2 Å². The molecule has 0 unspecified atom stereocenters. The number of imidazole rings is 1. The van der Waals surface area contributed by atoms with Crippen molar-refractivity contribution in [3.8, 4) is 23.3 Å². The summed E-state index contributed by atoms with van der Waals surface area (Å²) in [4.78, 5) is 21.1. The van der Waals surface area contributed by atoms with Crippen LogP contribution in [0, 0.1) is 17.7 Å². The smallest absolute Gasteiger partial charge is 0.186 e. The van der Waals surface area contributed by atoms with E-state index in [0.717, 1.165) is 28.8 Å². The minimum atomic E-state index is -0.553. The topological polar surface area (TPSA) is 109 Å². The van der Waals surface area contributed by atoms with E-state index in [2.05, 4.69) is 30.7 Å². The lowest BCUT2D eigenvalue weighted by Gasteiger charge is -2.28. The Labute approximate surface area is 265 Å². The fourth-order valence-electron chi connectivity index (χ4n) is 4.72. The van der Waals surface area contributed by atoms with Crippen molar-refractivity contribution in [2.24, 2.45) is 16.5 Å². The Morgan fingerprint density at radius 3 is 2.63 bits per heavy atom. The number of nitrogens with zero attached hydrogens (tertiary/aromatic N) is 3. The van der Waals surface area contributed by atoms with Gasteiger partial charge in [-0.1, -0.05) is 78.4 Å². The van der Waals surface area contributed by atoms with Gasteiger partial charge in [0, 0.05) is 28.4 Å². The van der Waals surface area contributed by atoms with Crippen LogP contribution in [-0.4, -0.2) is 40.7 Å². The lowest BCUT2D eigenvalue weighted by Crippen LogP contribution is -2.23. The highest BCUT2D eigenvalue weighted by Gasteiger charge is 2.30. The molecule has 0 fully saturated rings. The third-order valence-corrected chi connectivity index (χ3v) is 8.92. The number of nitrogens with two attached hydrogens (primary N) is 2. The molecule has 0 atom stereocenters. The molecule has 11 heteroatoms. The third kappa shape index (κ3) is 7.45. The maximum Gasteiger partial charge on any atom is 0.186 e. The van der Waals surface area contributed by atoms with Gasteiger partial charge in [-0.3, -0.25) is 9.36 Å². The number of rotatable bonds is 9. The first kappa shape index (κ1) is 32.2. The van der Waals surface area contributed by atoms with E-state index in [1.165, 1.54) is 31.9 Å². The largest absolute Gasteiger partial charge is 0.494 e. The number of allylic oxidation sites excluding steroid dienone is 3. The van der Waals surface area contributed by atoms with Gasteiger partial charge in [0.05, 0.1) is 34.7 Å². The van der Waals surface area contributed by atoms with Gasteiger partial charge in [-0.2, -0.15) is 0 Å². The molecule has 43 heavy (non-hydrogen) atoms. The van der Waals surface area contributed by atoms with Gasteiger partial charge < -0.3 is 16.2 Å². The van der Waals surface area contributed by atoms with Crippen molar-refractivity contribution in [3.05, 3.63) is 92.5 Å². The lowest BCUT2D eigenvalue weighted by atomic mass is 9.81. The maximum atomic E-state index is 14.4. The third-order valence-electron chi connectivity index (χ3n) is 7.12. The highest BCUT2D eigenvalue weighted by molar-refractivity contribution is 7.99. The zero-order valence-electron chi connectivity index (χ0n) is 24.3. The Hall–Kier alpha value is -3.71. The zero-order chi connectivity index (χ0) is 31.3. The molecule has 0 spiro atoms. The van der Waals surface area contributed by atoms with Crippen LogP contribution in [0.1, 0.15) is 44.9 Å². The molecule has 0 bridgehead atoms. The highest BCUT2D eigenvalue weighted by Crippen LogP contribution is 2.39. The van der Waals surface area contributed by atoms with Crippen LogP contribution in [0.3, 0.4) is 0 Å². The normalized spacial score (nSPS) is 13.2. The summed E-state index contributed by atoms with van der Waals surface area (Å²) in [5.74, 6) is 6.14. The van der Waals surface area contributed by atoms with Gasteiger partial charge in [0.2, 0.25) is 0 Å². The van der Waals surface area contributed by atoms with E-state index in [4.69, 9.17) is 44.4 Å². The van der Waals surface area contributed by atoms with Crippen LogP contribution in [0.25, 0.3) is 5.69 Å². The second-order valence-corrected chi connectivity index (χ2v) is 12.2. The molecule has 2 aromatic carbocycles. The molecule has 4 rings (SSSR count). The second kappa shape index (κ2) is 13.7. The summed E-state index contributed by atoms with van der Waals surface area (Å²) >= 11 is 14.1. The number of hydrogen-bond acceptors (Lipinski definition) is 5. The first-order valence-corrected chi connectivity index (χ1v) is 15.1. The average molecular weight is 641 g/mol. The van der Waals surface area contributed by atoms with Crippen LogP contribution >= 0.6 is 35.0 Å². The Bertz CT molecular complexity index is 1710. The molecule has 0 saturated heterocycles. The predicted octanol–water partition coefficient (Wildman–Crippen LogP) is 6.63. The van der Waals surface area contributed by atoms with Gasteiger partial charge in [-0.15, -0.1) is 0 Å². The van der Waals surface area contributed by atoms with Crippen molar-refractivity contribution in [2.75, 3.05) is 19.4 Å². The number of aromatic nitrogens is 2. The molecule has 1 heterocycles. The Balaban J connectivity index is 1.72. The Morgan fingerprint density at radius 1 is 1.19 bits per heavy atom. The molecular weight excluding hydrogens is 608 g/mol. The average Bonchev–Trinajstić information content (AvgIpc) is 3.41.